The van der Waals surface area contributed by atoms with Crippen LogP contribution >= 0.6 is 23.2 Å². The maximum absolute atomic E-state index is 11.7. The number of esters is 3. The van der Waals surface area contributed by atoms with Crippen LogP contribution in [0.15, 0.2) is 122 Å². The van der Waals surface area contributed by atoms with Crippen LogP contribution in [0.1, 0.15) is 223 Å². The van der Waals surface area contributed by atoms with Crippen molar-refractivity contribution in [3.8, 4) is 75.1 Å². The third-order valence-electron chi connectivity index (χ3n) is 20.5. The van der Waals surface area contributed by atoms with Crippen molar-refractivity contribution in [3.05, 3.63) is 167 Å². The number of aldehydes is 2. The van der Waals surface area contributed by atoms with Gasteiger partial charge in [-0.05, 0) is 249 Å². The predicted molar refractivity (Wildman–Crippen MR) is 451 cm³/mol. The number of carbonyl (C=O) groups is 5. The van der Waals surface area contributed by atoms with Gasteiger partial charge in [0.1, 0.15) is 12.6 Å². The highest BCUT2D eigenvalue weighted by Crippen LogP contribution is 2.43. The molecule has 0 unspecified atom stereocenters. The molecule has 0 atom stereocenters. The summed E-state index contributed by atoms with van der Waals surface area (Å²) in [6.07, 6.45) is 33.3. The van der Waals surface area contributed by atoms with E-state index in [0.717, 1.165) is 141 Å². The molecule has 6 aromatic rings. The summed E-state index contributed by atoms with van der Waals surface area (Å²) in [4.78, 5) is 58.1. The summed E-state index contributed by atoms with van der Waals surface area (Å²) in [6, 6.07) is 34.3. The van der Waals surface area contributed by atoms with Gasteiger partial charge < -0.3 is 81.4 Å². The van der Waals surface area contributed by atoms with E-state index in [-0.39, 0.29) is 50.2 Å². The fourth-order valence-corrected chi connectivity index (χ4v) is 14.3. The van der Waals surface area contributed by atoms with Crippen LogP contribution in [0.25, 0.3) is 4.85 Å². The van der Waals surface area contributed by atoms with E-state index in [1.807, 2.05) is 60.7 Å². The van der Waals surface area contributed by atoms with Crippen molar-refractivity contribution in [3.63, 3.8) is 0 Å². The number of methoxy groups -OCH3 is 9. The number of nitriles is 1. The van der Waals surface area contributed by atoms with Crippen LogP contribution in [0.5, 0.6) is 69.0 Å². The van der Waals surface area contributed by atoms with Crippen LogP contribution in [-0.4, -0.2) is 141 Å². The summed E-state index contributed by atoms with van der Waals surface area (Å²) in [6.45, 7) is 11.1. The van der Waals surface area contributed by atoms with Crippen molar-refractivity contribution in [1.82, 2.24) is 0 Å². The van der Waals surface area contributed by atoms with Gasteiger partial charge in [0, 0.05) is 46.9 Å². The summed E-state index contributed by atoms with van der Waals surface area (Å²) in [5.41, 5.74) is 3.57. The molecule has 0 radical (unpaired) electrons. The number of aliphatic hydroxyl groups is 1. The zero-order valence-corrected chi connectivity index (χ0v) is 71.0. The molecule has 0 bridgehead atoms. The van der Waals surface area contributed by atoms with Crippen LogP contribution < -0.4 is 52.1 Å². The number of hydrogen-bond acceptors (Lipinski definition) is 22. The molecule has 0 spiro atoms. The molecule has 0 amide bonds. The van der Waals surface area contributed by atoms with Crippen molar-refractivity contribution < 1.29 is 101 Å². The SMILES string of the molecule is C=CC(=O)OC.COc1ccc(C=O)cc1O.COc1ccc(C=O)cc1OC1CCCC1.COc1ccc(CC#N)cc1OC1CCCC1.COc1ccc(CCl)cc1OC1CCCC1.COc1ccc(CO)cc1OC1CCCC1.ClC1CCCC1.[C-]#[N+]C(CCC(=O)OC)(CCC(=O)OC)c1ccc(OC)c(OC2CCCC2)c1. The second-order valence-electron chi connectivity index (χ2n) is 28.6. The van der Waals surface area contributed by atoms with Gasteiger partial charge in [0.05, 0.1) is 126 Å². The monoisotopic (exact) mass is 1660 g/mol. The fraction of sp³-hybridized carbons (Fsp3) is 0.511. The number of phenolic OH excluding ortho intramolecular Hbond substituents is 1. The van der Waals surface area contributed by atoms with Crippen molar-refractivity contribution >= 4 is 53.7 Å². The molecule has 117 heavy (non-hydrogen) atoms. The first-order chi connectivity index (χ1) is 56.8. The number of ether oxygens (including phenoxy) is 14. The summed E-state index contributed by atoms with van der Waals surface area (Å²) in [7, 11) is 13.5. The Bertz CT molecular complexity index is 3940. The number of rotatable bonds is 29. The first-order valence-electron chi connectivity index (χ1n) is 40.2. The largest absolute Gasteiger partial charge is 0.504 e. The average molecular weight is 1660 g/mol. The Morgan fingerprint density at radius 1 is 0.462 bits per heavy atom. The lowest BCUT2D eigenvalue weighted by atomic mass is 9.82. The quantitative estimate of drug-likeness (QED) is 0.0110. The van der Waals surface area contributed by atoms with Crippen molar-refractivity contribution in [2.75, 3.05) is 64.0 Å². The van der Waals surface area contributed by atoms with Crippen molar-refractivity contribution in [2.45, 2.75) is 240 Å². The molecule has 6 aliphatic rings. The molecular formula is C92H120Cl2N2O21. The van der Waals surface area contributed by atoms with Crippen molar-refractivity contribution in [1.29, 1.82) is 5.26 Å². The Labute approximate surface area is 701 Å². The van der Waals surface area contributed by atoms with Gasteiger partial charge in [0.25, 0.3) is 5.54 Å². The van der Waals surface area contributed by atoms with Gasteiger partial charge in [-0.1, -0.05) is 37.6 Å². The molecule has 0 aromatic heterocycles. The predicted octanol–water partition coefficient (Wildman–Crippen LogP) is 19.9. The van der Waals surface area contributed by atoms with Gasteiger partial charge in [0.15, 0.2) is 69.0 Å². The number of aliphatic hydroxyl groups excluding tert-OH is 1. The number of halogens is 2. The topological polar surface area (TPSA) is 283 Å². The van der Waals surface area contributed by atoms with Gasteiger partial charge in [0.2, 0.25) is 0 Å². The normalized spacial score (nSPS) is 15.0. The van der Waals surface area contributed by atoms with Gasteiger partial charge in [-0.15, -0.1) is 23.2 Å². The number of benzene rings is 6. The standard InChI is InChI=1S/C22H29NO6.C14H17NO2.C13H17ClO2.C13H18O3.C13H16O3.C8H8O3.C5H9Cl.C4H6O2/c1-23-22(13-11-20(24)27-3,14-12-21(25)28-4)16-9-10-18(26-2)19(15-16)29-17-7-5-6-8-17;1-16-13-7-6-11(8-9-15)10-14(13)17-12-4-2-3-5-12;3*1-15-12-7-6-10(9-14)8-13(12)16-11-4-2-3-5-11;1-11-8-3-2-6(5-9)4-7(8)10;6-5-3-1-2-4-5;1-3-4(5)6-2/h9-10,15,17H,5-8,11-14H2,2-4H3;6-7,10,12H,2-5,8H2,1H3;6-8,11H,2-5,9H2,1H3;6-8,11,14H,2-5,9H2,1H3;6-9,11H,2-5H2,1H3;2-5,10H,1H3;5H,1-4H2;3H,1H2,2H3. The Hall–Kier alpha value is -10.1. The van der Waals surface area contributed by atoms with Crippen molar-refractivity contribution in [2.24, 2.45) is 0 Å². The zero-order chi connectivity index (χ0) is 85.2. The third-order valence-corrected chi connectivity index (χ3v) is 21.2. The molecule has 12 rings (SSSR count). The Kier molecular flexibility index (Phi) is 46.3. The molecule has 6 aliphatic carbocycles. The summed E-state index contributed by atoms with van der Waals surface area (Å²) >= 11 is 11.5. The number of alkyl halides is 2. The highest BCUT2D eigenvalue weighted by molar-refractivity contribution is 6.20. The Morgan fingerprint density at radius 2 is 0.786 bits per heavy atom. The molecule has 25 heteroatoms. The lowest BCUT2D eigenvalue weighted by Gasteiger charge is -2.24. The lowest BCUT2D eigenvalue weighted by molar-refractivity contribution is -0.141. The molecule has 638 valence electrons. The summed E-state index contributed by atoms with van der Waals surface area (Å²) in [5.74, 6) is 6.86. The first-order valence-corrected chi connectivity index (χ1v) is 41.1. The van der Waals surface area contributed by atoms with Gasteiger partial charge in [-0.2, -0.15) is 5.26 Å². The van der Waals surface area contributed by atoms with E-state index in [1.165, 1.54) is 112 Å². The zero-order valence-electron chi connectivity index (χ0n) is 69.5. The second kappa shape index (κ2) is 55.5. The van der Waals surface area contributed by atoms with Gasteiger partial charge in [-0.25, -0.2) is 11.4 Å². The molecule has 0 saturated heterocycles. The number of carbonyl (C=O) groups excluding carboxylic acids is 5. The minimum absolute atomic E-state index is 0.0166. The average Bonchev–Trinajstić information content (AvgIpc) is 1.25. The molecule has 6 aromatic carbocycles. The number of hydrogen-bond donors (Lipinski definition) is 2. The van der Waals surface area contributed by atoms with E-state index in [2.05, 4.69) is 22.2 Å². The Balaban J connectivity index is 0.000000248. The van der Waals surface area contributed by atoms with Gasteiger partial charge in [-0.3, -0.25) is 19.2 Å². The smallest absolute Gasteiger partial charge is 0.329 e. The molecule has 6 saturated carbocycles. The van der Waals surface area contributed by atoms with E-state index >= 15 is 0 Å². The van der Waals surface area contributed by atoms with E-state index in [9.17, 15) is 24.0 Å². The van der Waals surface area contributed by atoms with Crippen LogP contribution in [0.4, 0.5) is 0 Å². The molecule has 0 aliphatic heterocycles. The minimum Gasteiger partial charge on any atom is -0.504 e. The van der Waals surface area contributed by atoms with E-state index < -0.39 is 23.4 Å². The Morgan fingerprint density at radius 3 is 1.09 bits per heavy atom. The molecular weight excluding hydrogens is 1540 g/mol. The van der Waals surface area contributed by atoms with Gasteiger partial charge >= 0.3 is 17.9 Å². The molecule has 2 N–H and O–H groups in total. The van der Waals surface area contributed by atoms with E-state index in [4.69, 9.17) is 107 Å². The van der Waals surface area contributed by atoms with Crippen LogP contribution in [-0.2, 0) is 53.0 Å². The number of aromatic hydroxyl groups is 1. The maximum Gasteiger partial charge on any atom is 0.329 e. The van der Waals surface area contributed by atoms with E-state index in [1.54, 1.807) is 78.0 Å². The molecule has 23 nitrogen and oxygen atoms in total. The minimum atomic E-state index is -1.07. The van der Waals surface area contributed by atoms with Crippen LogP contribution in [0.2, 0.25) is 0 Å². The number of nitrogens with zero attached hydrogens (tertiary/aromatic N) is 2. The number of phenols is 1. The fourth-order valence-electron chi connectivity index (χ4n) is 13.8. The molecule has 0 heterocycles. The lowest BCUT2D eigenvalue weighted by Crippen LogP contribution is -2.25. The van der Waals surface area contributed by atoms with E-state index in [0.29, 0.717) is 87.7 Å². The summed E-state index contributed by atoms with van der Waals surface area (Å²) < 4.78 is 74.7. The maximum atomic E-state index is 11.7. The first kappa shape index (κ1) is 97.5. The molecule has 6 fully saturated rings. The highest BCUT2D eigenvalue weighted by Gasteiger charge is 2.41. The highest BCUT2D eigenvalue weighted by atomic mass is 35.5. The second-order valence-corrected chi connectivity index (χ2v) is 29.4. The van der Waals surface area contributed by atoms with Crippen LogP contribution in [0, 0.1) is 17.9 Å². The third kappa shape index (κ3) is 34.6. The van der Waals surface area contributed by atoms with Crippen LogP contribution in [0.3, 0.4) is 0 Å². The summed E-state index contributed by atoms with van der Waals surface area (Å²) in [5, 5.41) is 27.4.